The molecule has 0 saturated heterocycles. The lowest BCUT2D eigenvalue weighted by Crippen LogP contribution is -2.55. The molecule has 0 aromatic carbocycles. The standard InChI is InChI=1S/C11H17F3O3Si/c1-4-18(5-2,6-3)17-10(11(12,13)14)8-7-9(15)16-10/h7-8H,4-6H2,1-3H3. The third kappa shape index (κ3) is 2.61. The van der Waals surface area contributed by atoms with Gasteiger partial charge in [0.1, 0.15) is 0 Å². The van der Waals surface area contributed by atoms with E-state index in [1.165, 1.54) is 0 Å². The maximum absolute atomic E-state index is 13.1. The van der Waals surface area contributed by atoms with E-state index in [4.69, 9.17) is 4.43 Å². The van der Waals surface area contributed by atoms with Gasteiger partial charge in [-0.2, -0.15) is 13.2 Å². The highest BCUT2D eigenvalue weighted by Crippen LogP contribution is 2.43. The van der Waals surface area contributed by atoms with Crippen LogP contribution in [0.25, 0.3) is 0 Å². The van der Waals surface area contributed by atoms with Crippen LogP contribution >= 0.6 is 0 Å². The zero-order valence-corrected chi connectivity index (χ0v) is 11.6. The van der Waals surface area contributed by atoms with Crippen LogP contribution in [0, 0.1) is 0 Å². The Labute approximate surface area is 105 Å². The first-order chi connectivity index (χ1) is 8.24. The summed E-state index contributed by atoms with van der Waals surface area (Å²) in [6, 6.07) is 1.63. The summed E-state index contributed by atoms with van der Waals surface area (Å²) in [6.45, 7) is 5.43. The van der Waals surface area contributed by atoms with E-state index < -0.39 is 26.3 Å². The van der Waals surface area contributed by atoms with E-state index in [0.717, 1.165) is 6.08 Å². The van der Waals surface area contributed by atoms with Gasteiger partial charge in [-0.1, -0.05) is 20.8 Å². The van der Waals surface area contributed by atoms with E-state index in [0.29, 0.717) is 24.2 Å². The molecule has 1 aliphatic heterocycles. The molecule has 0 spiro atoms. The molecule has 1 atom stereocenters. The van der Waals surface area contributed by atoms with Gasteiger partial charge in [-0.3, -0.25) is 0 Å². The van der Waals surface area contributed by atoms with Gasteiger partial charge in [0.2, 0.25) is 0 Å². The Morgan fingerprint density at radius 3 is 2.06 bits per heavy atom. The second-order valence-corrected chi connectivity index (χ2v) is 8.96. The van der Waals surface area contributed by atoms with Gasteiger partial charge in [-0.25, -0.2) is 4.79 Å². The summed E-state index contributed by atoms with van der Waals surface area (Å²) < 4.78 is 49.1. The number of ether oxygens (including phenoxy) is 1. The topological polar surface area (TPSA) is 35.5 Å². The number of hydrogen-bond donors (Lipinski definition) is 0. The summed E-state index contributed by atoms with van der Waals surface area (Å²) in [5.74, 6) is -3.89. The van der Waals surface area contributed by atoms with Crippen molar-refractivity contribution in [1.82, 2.24) is 0 Å². The molecular weight excluding hydrogens is 265 g/mol. The third-order valence-electron chi connectivity index (χ3n) is 3.39. The lowest BCUT2D eigenvalue weighted by Gasteiger charge is -2.38. The average Bonchev–Trinajstić information content (AvgIpc) is 2.68. The van der Waals surface area contributed by atoms with Crippen LogP contribution in [-0.4, -0.2) is 26.3 Å². The van der Waals surface area contributed by atoms with Crippen molar-refractivity contribution in [3.63, 3.8) is 0 Å². The molecular formula is C11H17F3O3Si. The third-order valence-corrected chi connectivity index (χ3v) is 7.99. The highest BCUT2D eigenvalue weighted by molar-refractivity contribution is 6.73. The van der Waals surface area contributed by atoms with Crippen LogP contribution in [0.2, 0.25) is 18.1 Å². The van der Waals surface area contributed by atoms with Crippen molar-refractivity contribution in [3.8, 4) is 0 Å². The van der Waals surface area contributed by atoms with Crippen LogP contribution in [0.15, 0.2) is 12.2 Å². The lowest BCUT2D eigenvalue weighted by atomic mass is 10.3. The van der Waals surface area contributed by atoms with Crippen LogP contribution in [0.1, 0.15) is 20.8 Å². The van der Waals surface area contributed by atoms with Crippen LogP contribution in [0.5, 0.6) is 0 Å². The second kappa shape index (κ2) is 5.04. The number of esters is 1. The fraction of sp³-hybridized carbons (Fsp3) is 0.727. The predicted octanol–water partition coefficient (Wildman–Crippen LogP) is 3.38. The van der Waals surface area contributed by atoms with Crippen molar-refractivity contribution in [2.45, 2.75) is 50.9 Å². The normalized spacial score (nSPS) is 24.4. The van der Waals surface area contributed by atoms with Crippen LogP contribution in [-0.2, 0) is 14.0 Å². The first-order valence-corrected chi connectivity index (χ1v) is 8.46. The molecule has 0 bridgehead atoms. The SMILES string of the molecule is CC[Si](CC)(CC)OC1(C(F)(F)F)C=CC(=O)O1. The zero-order chi connectivity index (χ0) is 14.0. The molecule has 0 N–H and O–H groups in total. The molecule has 0 radical (unpaired) electrons. The molecule has 1 heterocycles. The van der Waals surface area contributed by atoms with Gasteiger partial charge < -0.3 is 9.16 Å². The van der Waals surface area contributed by atoms with Crippen molar-refractivity contribution in [2.24, 2.45) is 0 Å². The van der Waals surface area contributed by atoms with E-state index in [9.17, 15) is 18.0 Å². The summed E-state index contributed by atoms with van der Waals surface area (Å²) in [5.41, 5.74) is 0. The highest BCUT2D eigenvalue weighted by Gasteiger charge is 2.62. The molecule has 0 aliphatic carbocycles. The Balaban J connectivity index is 3.08. The van der Waals surface area contributed by atoms with Gasteiger partial charge in [0, 0.05) is 12.2 Å². The van der Waals surface area contributed by atoms with Gasteiger partial charge in [-0.05, 0) is 18.1 Å². The number of alkyl halides is 3. The van der Waals surface area contributed by atoms with E-state index in [1.54, 1.807) is 0 Å². The first kappa shape index (κ1) is 15.2. The fourth-order valence-electron chi connectivity index (χ4n) is 1.95. The lowest BCUT2D eigenvalue weighted by molar-refractivity contribution is -0.314. The first-order valence-electron chi connectivity index (χ1n) is 5.93. The maximum Gasteiger partial charge on any atom is 0.459 e. The minimum Gasteiger partial charge on any atom is -0.417 e. The van der Waals surface area contributed by atoms with E-state index in [1.807, 2.05) is 20.8 Å². The second-order valence-electron chi connectivity index (χ2n) is 4.27. The molecule has 1 aliphatic rings. The van der Waals surface area contributed by atoms with Crippen molar-refractivity contribution >= 4 is 14.3 Å². The summed E-state index contributed by atoms with van der Waals surface area (Å²) in [4.78, 5) is 11.0. The molecule has 104 valence electrons. The molecule has 7 heteroatoms. The smallest absolute Gasteiger partial charge is 0.417 e. The Morgan fingerprint density at radius 2 is 1.78 bits per heavy atom. The molecule has 1 unspecified atom stereocenters. The Bertz CT molecular complexity index is 342. The number of halogens is 3. The predicted molar refractivity (Wildman–Crippen MR) is 62.3 cm³/mol. The Hall–Kier alpha value is -0.823. The van der Waals surface area contributed by atoms with Crippen LogP contribution in [0.4, 0.5) is 13.2 Å². The molecule has 0 aromatic rings. The van der Waals surface area contributed by atoms with Crippen molar-refractivity contribution in [2.75, 3.05) is 0 Å². The highest BCUT2D eigenvalue weighted by atomic mass is 28.4. The number of carbonyl (C=O) groups excluding carboxylic acids is 1. The van der Waals surface area contributed by atoms with Crippen LogP contribution in [0.3, 0.4) is 0 Å². The number of hydrogen-bond acceptors (Lipinski definition) is 3. The summed E-state index contributed by atoms with van der Waals surface area (Å²) >= 11 is 0. The van der Waals surface area contributed by atoms with E-state index >= 15 is 0 Å². The van der Waals surface area contributed by atoms with Gasteiger partial charge in [-0.15, -0.1) is 0 Å². The fourth-order valence-corrected chi connectivity index (χ4v) is 4.75. The molecule has 3 nitrogen and oxygen atoms in total. The van der Waals surface area contributed by atoms with Crippen molar-refractivity contribution < 1.29 is 27.1 Å². The summed E-state index contributed by atoms with van der Waals surface area (Å²) in [6.07, 6.45) is -3.31. The van der Waals surface area contributed by atoms with Crippen molar-refractivity contribution in [1.29, 1.82) is 0 Å². The number of cyclic esters (lactones) is 1. The molecule has 0 amide bonds. The van der Waals surface area contributed by atoms with E-state index in [-0.39, 0.29) is 0 Å². The molecule has 0 fully saturated rings. The van der Waals surface area contributed by atoms with Crippen LogP contribution < -0.4 is 0 Å². The Morgan fingerprint density at radius 1 is 1.28 bits per heavy atom. The monoisotopic (exact) mass is 282 g/mol. The van der Waals surface area contributed by atoms with Crippen molar-refractivity contribution in [3.05, 3.63) is 12.2 Å². The molecule has 0 saturated carbocycles. The van der Waals surface area contributed by atoms with Gasteiger partial charge >= 0.3 is 17.9 Å². The largest absolute Gasteiger partial charge is 0.459 e. The molecule has 1 rings (SSSR count). The van der Waals surface area contributed by atoms with Gasteiger partial charge in [0.05, 0.1) is 0 Å². The summed E-state index contributed by atoms with van der Waals surface area (Å²) in [5, 5.41) is 0. The average molecular weight is 282 g/mol. The van der Waals surface area contributed by atoms with Gasteiger partial charge in [0.25, 0.3) is 0 Å². The molecule has 18 heavy (non-hydrogen) atoms. The van der Waals surface area contributed by atoms with Gasteiger partial charge in [0.15, 0.2) is 8.32 Å². The minimum absolute atomic E-state index is 0.545. The zero-order valence-electron chi connectivity index (χ0n) is 10.6. The Kier molecular flexibility index (Phi) is 4.27. The maximum atomic E-state index is 13.1. The minimum atomic E-state index is -4.76. The van der Waals surface area contributed by atoms with E-state index in [2.05, 4.69) is 4.74 Å². The summed E-state index contributed by atoms with van der Waals surface area (Å²) in [7, 11) is -2.54. The number of carbonyl (C=O) groups is 1. The number of rotatable bonds is 5. The quantitative estimate of drug-likeness (QED) is 0.573. The molecule has 0 aromatic heterocycles.